The number of nitrogens with zero attached hydrogens (tertiary/aromatic N) is 4. The normalized spacial score (nSPS) is 10.7. The molecule has 0 saturated heterocycles. The number of aromatic nitrogens is 4. The van der Waals surface area contributed by atoms with Gasteiger partial charge < -0.3 is 10.6 Å². The first-order valence-electron chi connectivity index (χ1n) is 12.0. The van der Waals surface area contributed by atoms with E-state index < -0.39 is 0 Å². The summed E-state index contributed by atoms with van der Waals surface area (Å²) in [5, 5.41) is 23.5. The molecule has 2 amide bonds. The van der Waals surface area contributed by atoms with Gasteiger partial charge in [-0.1, -0.05) is 72.0 Å². The number of hydrogen-bond donors (Lipinski definition) is 2. The van der Waals surface area contributed by atoms with Gasteiger partial charge in [0, 0.05) is 13.0 Å². The molecule has 0 radical (unpaired) electrons. The zero-order valence-corrected chi connectivity index (χ0v) is 20.7. The molecule has 9 heteroatoms. The van der Waals surface area contributed by atoms with Gasteiger partial charge in [-0.05, 0) is 48.9 Å². The number of hydrogen-bond acceptors (Lipinski definition) is 7. The molecule has 0 fully saturated rings. The molecule has 0 aliphatic rings. The number of benzene rings is 2. The zero-order valence-electron chi connectivity index (χ0n) is 19.9. The molecule has 184 valence electrons. The van der Waals surface area contributed by atoms with Crippen molar-refractivity contribution in [1.29, 1.82) is 0 Å². The average molecular weight is 501 g/mol. The van der Waals surface area contributed by atoms with Crippen LogP contribution in [0, 0.1) is 0 Å². The first kappa shape index (κ1) is 25.1. The fraction of sp³-hybridized carbons (Fsp3) is 0.259. The highest BCUT2D eigenvalue weighted by atomic mass is 32.1. The molecule has 2 N–H and O–H groups in total. The molecule has 2 heterocycles. The van der Waals surface area contributed by atoms with E-state index in [1.165, 1.54) is 16.9 Å². The second kappa shape index (κ2) is 13.2. The van der Waals surface area contributed by atoms with Crippen LogP contribution in [0.1, 0.15) is 44.5 Å². The molecule has 0 atom stereocenters. The molecule has 2 aromatic carbocycles. The Morgan fingerprint density at radius 3 is 2.17 bits per heavy atom. The van der Waals surface area contributed by atoms with E-state index in [2.05, 4.69) is 31.0 Å². The van der Waals surface area contributed by atoms with Crippen LogP contribution in [0.25, 0.3) is 0 Å². The van der Waals surface area contributed by atoms with E-state index in [1.807, 2.05) is 66.7 Å². The van der Waals surface area contributed by atoms with Crippen LogP contribution in [0.2, 0.25) is 0 Å². The Hall–Kier alpha value is -3.98. The van der Waals surface area contributed by atoms with E-state index in [1.54, 1.807) is 6.07 Å². The third kappa shape index (κ3) is 8.06. The fourth-order valence-corrected chi connectivity index (χ4v) is 4.40. The van der Waals surface area contributed by atoms with Crippen molar-refractivity contribution in [3.63, 3.8) is 0 Å². The molecule has 0 spiro atoms. The van der Waals surface area contributed by atoms with Gasteiger partial charge in [0.1, 0.15) is 5.01 Å². The van der Waals surface area contributed by atoms with E-state index in [9.17, 15) is 9.59 Å². The van der Waals surface area contributed by atoms with Gasteiger partial charge in [0.15, 0.2) is 5.82 Å². The summed E-state index contributed by atoms with van der Waals surface area (Å²) in [5.74, 6) is 0.147. The van der Waals surface area contributed by atoms with Gasteiger partial charge in [-0.25, -0.2) is 0 Å². The monoisotopic (exact) mass is 500 g/mol. The molecule has 2 aromatic heterocycles. The lowest BCUT2D eigenvalue weighted by Crippen LogP contribution is -2.25. The first-order chi connectivity index (χ1) is 17.7. The van der Waals surface area contributed by atoms with Crippen molar-refractivity contribution in [1.82, 2.24) is 25.7 Å². The van der Waals surface area contributed by atoms with Crippen molar-refractivity contribution < 1.29 is 9.59 Å². The molecule has 0 aliphatic carbocycles. The number of anilines is 1. The number of nitrogens with one attached hydrogen (secondary N) is 2. The fourth-order valence-electron chi connectivity index (χ4n) is 3.60. The molecule has 4 rings (SSSR count). The molecule has 8 nitrogen and oxygen atoms in total. The van der Waals surface area contributed by atoms with Crippen molar-refractivity contribution >= 4 is 29.0 Å². The molecule has 0 unspecified atom stereocenters. The lowest BCUT2D eigenvalue weighted by molar-refractivity contribution is -0.115. The average Bonchev–Trinajstić information content (AvgIpc) is 3.38. The third-order valence-corrected chi connectivity index (χ3v) is 6.45. The molecule has 36 heavy (non-hydrogen) atoms. The molecular weight excluding hydrogens is 472 g/mol. The van der Waals surface area contributed by atoms with E-state index in [-0.39, 0.29) is 11.8 Å². The van der Waals surface area contributed by atoms with Crippen LogP contribution in [0.15, 0.2) is 72.8 Å². The number of rotatable bonds is 12. The topological polar surface area (TPSA) is 110 Å². The molecule has 0 saturated carbocycles. The van der Waals surface area contributed by atoms with Crippen LogP contribution in [0.3, 0.4) is 0 Å². The Morgan fingerprint density at radius 1 is 0.722 bits per heavy atom. The summed E-state index contributed by atoms with van der Waals surface area (Å²) in [6.07, 6.45) is 4.43. The maximum Gasteiger partial charge on any atom is 0.282 e. The number of carbonyl (C=O) groups is 2. The maximum absolute atomic E-state index is 12.3. The van der Waals surface area contributed by atoms with Crippen LogP contribution < -0.4 is 10.6 Å². The van der Waals surface area contributed by atoms with Crippen molar-refractivity contribution in [3.05, 3.63) is 99.6 Å². The van der Waals surface area contributed by atoms with E-state index in [0.717, 1.165) is 48.4 Å². The first-order valence-corrected chi connectivity index (χ1v) is 12.8. The van der Waals surface area contributed by atoms with Crippen LogP contribution in [-0.4, -0.2) is 38.8 Å². The van der Waals surface area contributed by atoms with Crippen molar-refractivity contribution in [2.24, 2.45) is 0 Å². The van der Waals surface area contributed by atoms with Gasteiger partial charge in [-0.15, -0.1) is 15.3 Å². The van der Waals surface area contributed by atoms with E-state index in [4.69, 9.17) is 0 Å². The lowest BCUT2D eigenvalue weighted by atomic mass is 10.1. The Balaban J connectivity index is 1.13. The summed E-state index contributed by atoms with van der Waals surface area (Å²) >= 11 is 1.34. The van der Waals surface area contributed by atoms with E-state index in [0.29, 0.717) is 23.8 Å². The van der Waals surface area contributed by atoms with Gasteiger partial charge in [-0.2, -0.15) is 5.10 Å². The van der Waals surface area contributed by atoms with Crippen LogP contribution in [0.5, 0.6) is 0 Å². The summed E-state index contributed by atoms with van der Waals surface area (Å²) in [7, 11) is 0. The number of carbonyl (C=O) groups excluding carboxylic acids is 2. The maximum atomic E-state index is 12.3. The second-order valence-electron chi connectivity index (χ2n) is 8.32. The van der Waals surface area contributed by atoms with Gasteiger partial charge >= 0.3 is 0 Å². The quantitative estimate of drug-likeness (QED) is 0.284. The molecule has 0 aliphatic heterocycles. The molecular formula is C27H28N6O2S. The summed E-state index contributed by atoms with van der Waals surface area (Å²) in [5.41, 5.74) is 3.00. The summed E-state index contributed by atoms with van der Waals surface area (Å²) in [6.45, 7) is 0.564. The van der Waals surface area contributed by atoms with Gasteiger partial charge in [0.2, 0.25) is 10.9 Å². The Bertz CT molecular complexity index is 1250. The van der Waals surface area contributed by atoms with Crippen molar-refractivity contribution in [3.8, 4) is 0 Å². The smallest absolute Gasteiger partial charge is 0.282 e. The van der Waals surface area contributed by atoms with Crippen LogP contribution >= 0.6 is 11.3 Å². The standard InChI is InChI=1S/C27H28N6O2S/c34-24(19-21-11-5-2-6-12-21)29-23-16-15-22(30-31-23)13-7-8-14-25-32-33-27(36-25)26(35)28-18-17-20-9-3-1-4-10-20/h1-6,9-12,15-16H,7-8,13-14,17-19H2,(H,28,35)(H,29,31,34). The van der Waals surface area contributed by atoms with Gasteiger partial charge in [-0.3, -0.25) is 9.59 Å². The zero-order chi connectivity index (χ0) is 25.0. The third-order valence-electron chi connectivity index (χ3n) is 5.47. The largest absolute Gasteiger partial charge is 0.350 e. The number of aryl methyl sites for hydroxylation is 2. The SMILES string of the molecule is O=C(Cc1ccccc1)Nc1ccc(CCCCc2nnc(C(=O)NCCc3ccccc3)s2)nn1. The minimum atomic E-state index is -0.180. The van der Waals surface area contributed by atoms with Crippen LogP contribution in [0.4, 0.5) is 5.82 Å². The Kier molecular flexibility index (Phi) is 9.21. The van der Waals surface area contributed by atoms with Crippen LogP contribution in [-0.2, 0) is 30.5 Å². The summed E-state index contributed by atoms with van der Waals surface area (Å²) < 4.78 is 0. The summed E-state index contributed by atoms with van der Waals surface area (Å²) in [4.78, 5) is 24.5. The van der Waals surface area contributed by atoms with E-state index >= 15 is 0 Å². The highest BCUT2D eigenvalue weighted by Gasteiger charge is 2.12. The number of unbranched alkanes of at least 4 members (excludes halogenated alkanes) is 1. The molecule has 4 aromatic rings. The number of amides is 2. The van der Waals surface area contributed by atoms with Gasteiger partial charge in [0.05, 0.1) is 12.1 Å². The molecule has 0 bridgehead atoms. The Labute approximate surface area is 214 Å². The highest BCUT2D eigenvalue weighted by molar-refractivity contribution is 7.13. The minimum absolute atomic E-state index is 0.121. The summed E-state index contributed by atoms with van der Waals surface area (Å²) in [6, 6.07) is 23.3. The predicted octanol–water partition coefficient (Wildman–Crippen LogP) is 4.05. The Morgan fingerprint density at radius 2 is 1.44 bits per heavy atom. The lowest BCUT2D eigenvalue weighted by Gasteiger charge is -2.05. The predicted molar refractivity (Wildman–Crippen MR) is 140 cm³/mol. The van der Waals surface area contributed by atoms with Crippen molar-refractivity contribution in [2.75, 3.05) is 11.9 Å². The highest BCUT2D eigenvalue weighted by Crippen LogP contribution is 2.14. The van der Waals surface area contributed by atoms with Crippen molar-refractivity contribution in [2.45, 2.75) is 38.5 Å². The minimum Gasteiger partial charge on any atom is -0.350 e. The van der Waals surface area contributed by atoms with Gasteiger partial charge in [0.25, 0.3) is 5.91 Å². The second-order valence-corrected chi connectivity index (χ2v) is 9.38.